The Morgan fingerprint density at radius 1 is 1.21 bits per heavy atom. The van der Waals surface area contributed by atoms with Gasteiger partial charge in [0.2, 0.25) is 0 Å². The standard InChI is InChI=1S/C12H23NO/c1-2-3-7-10-14-13-11-12-8-5-4-6-9-12/h11-12H,2-10H2,1H3. The van der Waals surface area contributed by atoms with Crippen LogP contribution in [0.4, 0.5) is 0 Å². The van der Waals surface area contributed by atoms with Crippen LogP contribution in [-0.4, -0.2) is 12.8 Å². The van der Waals surface area contributed by atoms with Gasteiger partial charge in [0.15, 0.2) is 0 Å². The van der Waals surface area contributed by atoms with E-state index in [9.17, 15) is 0 Å². The lowest BCUT2D eigenvalue weighted by molar-refractivity contribution is 0.139. The van der Waals surface area contributed by atoms with Gasteiger partial charge in [-0.15, -0.1) is 0 Å². The Labute approximate surface area is 87.7 Å². The summed E-state index contributed by atoms with van der Waals surface area (Å²) < 4.78 is 0. The van der Waals surface area contributed by atoms with Crippen LogP contribution in [0.3, 0.4) is 0 Å². The summed E-state index contributed by atoms with van der Waals surface area (Å²) in [6.07, 6.45) is 12.4. The van der Waals surface area contributed by atoms with Crippen LogP contribution in [0.2, 0.25) is 0 Å². The van der Waals surface area contributed by atoms with Gasteiger partial charge in [0.1, 0.15) is 6.61 Å². The van der Waals surface area contributed by atoms with Crippen molar-refractivity contribution in [3.63, 3.8) is 0 Å². The predicted molar refractivity (Wildman–Crippen MR) is 60.5 cm³/mol. The van der Waals surface area contributed by atoms with Gasteiger partial charge in [0.05, 0.1) is 0 Å². The van der Waals surface area contributed by atoms with E-state index in [0.717, 1.165) is 13.0 Å². The summed E-state index contributed by atoms with van der Waals surface area (Å²) in [5.41, 5.74) is 0. The lowest BCUT2D eigenvalue weighted by Gasteiger charge is -2.16. The van der Waals surface area contributed by atoms with Gasteiger partial charge in [-0.25, -0.2) is 0 Å². The van der Waals surface area contributed by atoms with E-state index in [2.05, 4.69) is 12.1 Å². The third kappa shape index (κ3) is 5.25. The number of oxime groups is 1. The molecule has 0 aromatic heterocycles. The summed E-state index contributed by atoms with van der Waals surface area (Å²) >= 11 is 0. The molecule has 0 N–H and O–H groups in total. The molecule has 0 radical (unpaired) electrons. The van der Waals surface area contributed by atoms with Crippen molar-refractivity contribution in [1.82, 2.24) is 0 Å². The molecule has 1 fully saturated rings. The van der Waals surface area contributed by atoms with Crippen LogP contribution in [0.5, 0.6) is 0 Å². The average molecular weight is 197 g/mol. The van der Waals surface area contributed by atoms with Gasteiger partial charge in [-0.2, -0.15) is 0 Å². The summed E-state index contributed by atoms with van der Waals surface area (Å²) in [5.74, 6) is 0.690. The van der Waals surface area contributed by atoms with E-state index < -0.39 is 0 Å². The fourth-order valence-electron chi connectivity index (χ4n) is 1.88. The van der Waals surface area contributed by atoms with Gasteiger partial charge in [-0.05, 0) is 25.2 Å². The minimum Gasteiger partial charge on any atom is -0.396 e. The minimum atomic E-state index is 0.690. The van der Waals surface area contributed by atoms with Gasteiger partial charge in [0.25, 0.3) is 0 Å². The Morgan fingerprint density at radius 2 is 2.00 bits per heavy atom. The predicted octanol–water partition coefficient (Wildman–Crippen LogP) is 3.76. The monoisotopic (exact) mass is 197 g/mol. The van der Waals surface area contributed by atoms with E-state index in [4.69, 9.17) is 4.84 Å². The highest BCUT2D eigenvalue weighted by atomic mass is 16.6. The molecule has 0 unspecified atom stereocenters. The molecule has 0 aliphatic heterocycles. The van der Waals surface area contributed by atoms with Gasteiger partial charge in [-0.3, -0.25) is 0 Å². The SMILES string of the molecule is CCCCCON=CC1CCCCC1. The van der Waals surface area contributed by atoms with Gasteiger partial charge in [0, 0.05) is 6.21 Å². The van der Waals surface area contributed by atoms with E-state index >= 15 is 0 Å². The summed E-state index contributed by atoms with van der Waals surface area (Å²) in [4.78, 5) is 5.21. The highest BCUT2D eigenvalue weighted by Crippen LogP contribution is 2.21. The molecule has 0 bridgehead atoms. The van der Waals surface area contributed by atoms with Crippen molar-refractivity contribution in [3.05, 3.63) is 0 Å². The number of rotatable bonds is 6. The Balaban J connectivity index is 1.96. The van der Waals surface area contributed by atoms with E-state index in [1.807, 2.05) is 6.21 Å². The zero-order chi connectivity index (χ0) is 10.1. The molecule has 0 atom stereocenters. The van der Waals surface area contributed by atoms with Crippen molar-refractivity contribution in [2.75, 3.05) is 6.61 Å². The fraction of sp³-hybridized carbons (Fsp3) is 0.917. The van der Waals surface area contributed by atoms with Gasteiger partial charge in [-0.1, -0.05) is 44.2 Å². The molecule has 14 heavy (non-hydrogen) atoms. The molecule has 0 heterocycles. The van der Waals surface area contributed by atoms with Crippen molar-refractivity contribution >= 4 is 6.21 Å². The molecule has 2 nitrogen and oxygen atoms in total. The van der Waals surface area contributed by atoms with Crippen molar-refractivity contribution < 1.29 is 4.84 Å². The molecule has 0 amide bonds. The maximum atomic E-state index is 5.21. The smallest absolute Gasteiger partial charge is 0.117 e. The zero-order valence-electron chi connectivity index (χ0n) is 9.37. The number of hydrogen-bond donors (Lipinski definition) is 0. The first kappa shape index (κ1) is 11.5. The summed E-state index contributed by atoms with van der Waals surface area (Å²) in [6.45, 7) is 2.99. The molecular formula is C12H23NO. The van der Waals surface area contributed by atoms with Gasteiger partial charge < -0.3 is 4.84 Å². The second kappa shape index (κ2) is 7.84. The second-order valence-corrected chi connectivity index (χ2v) is 4.19. The zero-order valence-corrected chi connectivity index (χ0v) is 9.37. The maximum Gasteiger partial charge on any atom is 0.117 e. The van der Waals surface area contributed by atoms with Crippen LogP contribution in [0.15, 0.2) is 5.16 Å². The average Bonchev–Trinajstić information content (AvgIpc) is 2.25. The molecule has 1 aliphatic rings. The third-order valence-electron chi connectivity index (χ3n) is 2.84. The Hall–Kier alpha value is -0.530. The first-order chi connectivity index (χ1) is 6.93. The third-order valence-corrected chi connectivity index (χ3v) is 2.84. The molecule has 0 aromatic carbocycles. The van der Waals surface area contributed by atoms with E-state index in [0.29, 0.717) is 5.92 Å². The van der Waals surface area contributed by atoms with Crippen LogP contribution in [0, 0.1) is 5.92 Å². The van der Waals surface area contributed by atoms with Crippen LogP contribution < -0.4 is 0 Å². The lowest BCUT2D eigenvalue weighted by atomic mass is 9.90. The highest BCUT2D eigenvalue weighted by Gasteiger charge is 2.10. The van der Waals surface area contributed by atoms with E-state index in [1.54, 1.807) is 0 Å². The highest BCUT2D eigenvalue weighted by molar-refractivity contribution is 5.59. The van der Waals surface area contributed by atoms with Crippen LogP contribution in [0.25, 0.3) is 0 Å². The quantitative estimate of drug-likeness (QED) is 0.361. The minimum absolute atomic E-state index is 0.690. The molecule has 2 heteroatoms. The molecule has 0 spiro atoms. The van der Waals surface area contributed by atoms with E-state index in [-0.39, 0.29) is 0 Å². The molecule has 0 aromatic rings. The van der Waals surface area contributed by atoms with Crippen molar-refractivity contribution in [3.8, 4) is 0 Å². The molecule has 82 valence electrons. The summed E-state index contributed by atoms with van der Waals surface area (Å²) in [7, 11) is 0. The lowest BCUT2D eigenvalue weighted by Crippen LogP contribution is -2.07. The van der Waals surface area contributed by atoms with Crippen molar-refractivity contribution in [2.24, 2.45) is 11.1 Å². The number of hydrogen-bond acceptors (Lipinski definition) is 2. The first-order valence-electron chi connectivity index (χ1n) is 6.09. The topological polar surface area (TPSA) is 21.6 Å². The number of unbranched alkanes of at least 4 members (excludes halogenated alkanes) is 2. The molecule has 1 rings (SSSR count). The fourth-order valence-corrected chi connectivity index (χ4v) is 1.88. The largest absolute Gasteiger partial charge is 0.396 e. The Bertz CT molecular complexity index is 150. The summed E-state index contributed by atoms with van der Waals surface area (Å²) in [5, 5.41) is 4.04. The Morgan fingerprint density at radius 3 is 2.71 bits per heavy atom. The molecular weight excluding hydrogens is 174 g/mol. The van der Waals surface area contributed by atoms with Crippen LogP contribution in [-0.2, 0) is 4.84 Å². The van der Waals surface area contributed by atoms with Gasteiger partial charge >= 0.3 is 0 Å². The first-order valence-corrected chi connectivity index (χ1v) is 6.09. The van der Waals surface area contributed by atoms with E-state index in [1.165, 1.54) is 44.9 Å². The molecule has 1 aliphatic carbocycles. The molecule has 0 saturated heterocycles. The normalized spacial score (nSPS) is 18.9. The number of nitrogens with zero attached hydrogens (tertiary/aromatic N) is 1. The second-order valence-electron chi connectivity index (χ2n) is 4.19. The molecule has 1 saturated carbocycles. The summed E-state index contributed by atoms with van der Waals surface area (Å²) in [6, 6.07) is 0. The van der Waals surface area contributed by atoms with Crippen LogP contribution >= 0.6 is 0 Å². The maximum absolute atomic E-state index is 5.21. The van der Waals surface area contributed by atoms with Crippen LogP contribution in [0.1, 0.15) is 58.3 Å². The Kier molecular flexibility index (Phi) is 6.46. The van der Waals surface area contributed by atoms with Crippen molar-refractivity contribution in [2.45, 2.75) is 58.3 Å². The van der Waals surface area contributed by atoms with Crippen molar-refractivity contribution in [1.29, 1.82) is 0 Å².